The number of nitrogens with one attached hydrogen (secondary N) is 2. The highest BCUT2D eigenvalue weighted by molar-refractivity contribution is 7.71. The molecule has 0 radical (unpaired) electrons. The van der Waals surface area contributed by atoms with Gasteiger partial charge in [0, 0.05) is 18.2 Å². The Kier molecular flexibility index (Phi) is 5.99. The van der Waals surface area contributed by atoms with Crippen molar-refractivity contribution in [1.29, 1.82) is 0 Å². The number of anilines is 1. The number of rotatable bonds is 5. The van der Waals surface area contributed by atoms with Crippen LogP contribution in [0.5, 0.6) is 5.75 Å². The largest absolute Gasteiger partial charge is 0.497 e. The van der Waals surface area contributed by atoms with Gasteiger partial charge in [0.2, 0.25) is 5.91 Å². The Labute approximate surface area is 179 Å². The zero-order chi connectivity index (χ0) is 21.1. The minimum Gasteiger partial charge on any atom is -0.497 e. The zero-order valence-corrected chi connectivity index (χ0v) is 17.7. The molecule has 0 aliphatic heterocycles. The van der Waals surface area contributed by atoms with Crippen molar-refractivity contribution in [2.45, 2.75) is 32.2 Å². The number of benzene rings is 2. The molecule has 1 fully saturated rings. The molecule has 1 aliphatic rings. The molecule has 4 rings (SSSR count). The Morgan fingerprint density at radius 1 is 1.13 bits per heavy atom. The summed E-state index contributed by atoms with van der Waals surface area (Å²) in [7, 11) is 1.62. The van der Waals surface area contributed by atoms with Crippen LogP contribution in [0.3, 0.4) is 0 Å². The lowest BCUT2D eigenvalue weighted by Gasteiger charge is -2.28. The SMILES string of the molecule is COc1ccc(NC(=O)C2CCC(Cn3c(=S)[nH]c4ccccc4c3=O)CC2)cc1. The van der Waals surface area contributed by atoms with Crippen molar-refractivity contribution >= 4 is 34.7 Å². The number of para-hydroxylation sites is 1. The maximum absolute atomic E-state index is 12.8. The Hall–Kier alpha value is -2.93. The minimum atomic E-state index is -0.0475. The van der Waals surface area contributed by atoms with Gasteiger partial charge in [-0.15, -0.1) is 0 Å². The quantitative estimate of drug-likeness (QED) is 0.592. The van der Waals surface area contributed by atoms with E-state index in [-0.39, 0.29) is 17.4 Å². The maximum Gasteiger partial charge on any atom is 0.262 e. The van der Waals surface area contributed by atoms with E-state index in [2.05, 4.69) is 10.3 Å². The molecule has 1 aliphatic carbocycles. The number of carbonyl (C=O) groups is 1. The summed E-state index contributed by atoms with van der Waals surface area (Å²) in [6.45, 7) is 0.589. The number of nitrogens with zero attached hydrogens (tertiary/aromatic N) is 1. The first-order chi connectivity index (χ1) is 14.5. The van der Waals surface area contributed by atoms with Crippen LogP contribution in [0.4, 0.5) is 5.69 Å². The van der Waals surface area contributed by atoms with E-state index < -0.39 is 0 Å². The minimum absolute atomic E-state index is 0.00814. The summed E-state index contributed by atoms with van der Waals surface area (Å²) in [5.74, 6) is 1.14. The van der Waals surface area contributed by atoms with Gasteiger partial charge in [0.05, 0.1) is 18.0 Å². The van der Waals surface area contributed by atoms with Gasteiger partial charge < -0.3 is 15.0 Å². The molecular formula is C23H25N3O3S. The predicted octanol–water partition coefficient (Wildman–Crippen LogP) is 4.51. The molecule has 6 nitrogen and oxygen atoms in total. The number of H-pyrrole nitrogens is 1. The van der Waals surface area contributed by atoms with E-state index in [9.17, 15) is 9.59 Å². The fourth-order valence-corrected chi connectivity index (χ4v) is 4.42. The molecule has 1 saturated carbocycles. The number of fused-ring (bicyclic) bond motifs is 1. The highest BCUT2D eigenvalue weighted by atomic mass is 32.1. The molecule has 0 saturated heterocycles. The topological polar surface area (TPSA) is 76.1 Å². The lowest BCUT2D eigenvalue weighted by Crippen LogP contribution is -2.31. The first-order valence-electron chi connectivity index (χ1n) is 10.2. The van der Waals surface area contributed by atoms with Gasteiger partial charge in [0.25, 0.3) is 5.56 Å². The summed E-state index contributed by atoms with van der Waals surface area (Å²) in [5, 5.41) is 3.65. The number of carbonyl (C=O) groups excluding carboxylic acids is 1. The molecule has 0 spiro atoms. The third-order valence-corrected chi connectivity index (χ3v) is 6.23. The average Bonchev–Trinajstić information content (AvgIpc) is 2.77. The van der Waals surface area contributed by atoms with Crippen LogP contribution in [0.15, 0.2) is 53.3 Å². The van der Waals surface area contributed by atoms with E-state index >= 15 is 0 Å². The van der Waals surface area contributed by atoms with E-state index in [1.54, 1.807) is 11.7 Å². The van der Waals surface area contributed by atoms with E-state index in [0.717, 1.165) is 42.6 Å². The highest BCUT2D eigenvalue weighted by Crippen LogP contribution is 2.31. The summed E-state index contributed by atoms with van der Waals surface area (Å²) in [5.41, 5.74) is 1.49. The second kappa shape index (κ2) is 8.83. The monoisotopic (exact) mass is 423 g/mol. The summed E-state index contributed by atoms with van der Waals surface area (Å²) in [6.07, 6.45) is 3.42. The molecule has 3 aromatic rings. The summed E-state index contributed by atoms with van der Waals surface area (Å²) >= 11 is 5.43. The van der Waals surface area contributed by atoms with Gasteiger partial charge in [-0.25, -0.2) is 0 Å². The first-order valence-corrected chi connectivity index (χ1v) is 10.6. The van der Waals surface area contributed by atoms with Gasteiger partial charge in [-0.3, -0.25) is 14.2 Å². The second-order valence-electron chi connectivity index (χ2n) is 7.83. The van der Waals surface area contributed by atoms with E-state index in [1.807, 2.05) is 48.5 Å². The van der Waals surface area contributed by atoms with E-state index in [0.29, 0.717) is 22.6 Å². The molecule has 156 valence electrons. The van der Waals surface area contributed by atoms with Crippen LogP contribution in [0.2, 0.25) is 0 Å². The standard InChI is InChI=1S/C23H25N3O3S/c1-29-18-12-10-17(11-13-18)24-21(27)16-8-6-15(7-9-16)14-26-22(28)19-4-2-3-5-20(19)25-23(26)30/h2-5,10-13,15-16H,6-9,14H2,1H3,(H,24,27)(H,25,30). The summed E-state index contributed by atoms with van der Waals surface area (Å²) in [6, 6.07) is 14.8. The number of methoxy groups -OCH3 is 1. The number of hydrogen-bond acceptors (Lipinski definition) is 4. The number of hydrogen-bond donors (Lipinski definition) is 2. The van der Waals surface area contributed by atoms with Crippen LogP contribution >= 0.6 is 12.2 Å². The molecule has 1 amide bonds. The van der Waals surface area contributed by atoms with Crippen molar-refractivity contribution in [1.82, 2.24) is 9.55 Å². The van der Waals surface area contributed by atoms with Crippen molar-refractivity contribution in [3.05, 3.63) is 63.7 Å². The lowest BCUT2D eigenvalue weighted by atomic mass is 9.81. The molecule has 30 heavy (non-hydrogen) atoms. The summed E-state index contributed by atoms with van der Waals surface area (Å²) in [4.78, 5) is 28.6. The highest BCUT2D eigenvalue weighted by Gasteiger charge is 2.27. The normalized spacial score (nSPS) is 18.8. The molecule has 2 N–H and O–H groups in total. The second-order valence-corrected chi connectivity index (χ2v) is 8.21. The van der Waals surface area contributed by atoms with Crippen molar-refractivity contribution < 1.29 is 9.53 Å². The van der Waals surface area contributed by atoms with Gasteiger partial charge in [-0.2, -0.15) is 0 Å². The molecule has 0 unspecified atom stereocenters. The van der Waals surface area contributed by atoms with Crippen molar-refractivity contribution in [3.63, 3.8) is 0 Å². The van der Waals surface area contributed by atoms with Crippen LogP contribution < -0.4 is 15.6 Å². The third-order valence-electron chi connectivity index (χ3n) is 5.91. The molecular weight excluding hydrogens is 398 g/mol. The van der Waals surface area contributed by atoms with Crippen molar-refractivity contribution in [2.75, 3.05) is 12.4 Å². The van der Waals surface area contributed by atoms with Gasteiger partial charge in [0.15, 0.2) is 4.77 Å². The maximum atomic E-state index is 12.8. The van der Waals surface area contributed by atoms with Crippen LogP contribution in [0.25, 0.3) is 10.9 Å². The Morgan fingerprint density at radius 2 is 1.83 bits per heavy atom. The Bertz CT molecular complexity index is 1160. The molecule has 1 aromatic heterocycles. The lowest BCUT2D eigenvalue weighted by molar-refractivity contribution is -0.121. The van der Waals surface area contributed by atoms with E-state index in [1.165, 1.54) is 0 Å². The molecule has 0 bridgehead atoms. The van der Waals surface area contributed by atoms with Crippen LogP contribution in [-0.2, 0) is 11.3 Å². The first kappa shape index (κ1) is 20.3. The average molecular weight is 424 g/mol. The fourth-order valence-electron chi connectivity index (χ4n) is 4.15. The smallest absolute Gasteiger partial charge is 0.262 e. The molecule has 2 aromatic carbocycles. The number of aromatic nitrogens is 2. The number of ether oxygens (including phenoxy) is 1. The number of amides is 1. The van der Waals surface area contributed by atoms with Gasteiger partial charge in [-0.05, 0) is 80.2 Å². The van der Waals surface area contributed by atoms with Crippen molar-refractivity contribution in [2.24, 2.45) is 11.8 Å². The number of aromatic amines is 1. The molecule has 7 heteroatoms. The molecule has 1 heterocycles. The van der Waals surface area contributed by atoms with Crippen molar-refractivity contribution in [3.8, 4) is 5.75 Å². The fraction of sp³-hybridized carbons (Fsp3) is 0.348. The Morgan fingerprint density at radius 3 is 2.53 bits per heavy atom. The Balaban J connectivity index is 1.38. The zero-order valence-electron chi connectivity index (χ0n) is 16.9. The predicted molar refractivity (Wildman–Crippen MR) is 120 cm³/mol. The third kappa shape index (κ3) is 4.31. The van der Waals surface area contributed by atoms with Gasteiger partial charge in [0.1, 0.15) is 5.75 Å². The van der Waals surface area contributed by atoms with Crippen LogP contribution in [0.1, 0.15) is 25.7 Å². The van der Waals surface area contributed by atoms with Gasteiger partial charge in [-0.1, -0.05) is 12.1 Å². The van der Waals surface area contributed by atoms with Gasteiger partial charge >= 0.3 is 0 Å². The molecule has 0 atom stereocenters. The van der Waals surface area contributed by atoms with Crippen LogP contribution in [-0.4, -0.2) is 22.6 Å². The summed E-state index contributed by atoms with van der Waals surface area (Å²) < 4.78 is 7.27. The van der Waals surface area contributed by atoms with Crippen LogP contribution in [0, 0.1) is 16.6 Å². The van der Waals surface area contributed by atoms with E-state index in [4.69, 9.17) is 17.0 Å².